The summed E-state index contributed by atoms with van der Waals surface area (Å²) in [6.07, 6.45) is 0. The van der Waals surface area contributed by atoms with E-state index < -0.39 is 22.0 Å². The van der Waals surface area contributed by atoms with Gasteiger partial charge in [-0.05, 0) is 30.5 Å². The largest absolute Gasteiger partial charge is 0.480 e. The molecule has 0 spiro atoms. The van der Waals surface area contributed by atoms with Gasteiger partial charge in [0.05, 0.1) is 4.90 Å². The van der Waals surface area contributed by atoms with E-state index in [0.717, 1.165) is 5.56 Å². The summed E-state index contributed by atoms with van der Waals surface area (Å²) in [5.74, 6) is -1.58. The van der Waals surface area contributed by atoms with Crippen molar-refractivity contribution in [3.05, 3.63) is 28.8 Å². The Morgan fingerprint density at radius 3 is 2.37 bits per heavy atom. The molecular weight excluding hydrogens is 290 g/mol. The van der Waals surface area contributed by atoms with Gasteiger partial charge in [-0.3, -0.25) is 4.79 Å². The maximum absolute atomic E-state index is 12.1. The first-order chi connectivity index (χ1) is 8.65. The Kier molecular flexibility index (Phi) is 4.95. The van der Waals surface area contributed by atoms with E-state index in [0.29, 0.717) is 5.02 Å². The standard InChI is InChI=1S/C12H16ClNO4S/c1-7(2)11(12(15)16)14-19(17,18)9-5-4-8(3)10(13)6-9/h4-7,11,14H,1-3H3,(H,15,16). The lowest BCUT2D eigenvalue weighted by atomic mass is 10.1. The molecule has 0 aliphatic rings. The molecule has 19 heavy (non-hydrogen) atoms. The molecular formula is C12H16ClNO4S. The maximum Gasteiger partial charge on any atom is 0.322 e. The fraction of sp³-hybridized carbons (Fsp3) is 0.417. The predicted octanol–water partition coefficient (Wildman–Crippen LogP) is 2.04. The van der Waals surface area contributed by atoms with Gasteiger partial charge < -0.3 is 5.11 Å². The minimum absolute atomic E-state index is 0.0463. The number of halogens is 1. The van der Waals surface area contributed by atoms with Crippen LogP contribution in [-0.2, 0) is 14.8 Å². The van der Waals surface area contributed by atoms with Gasteiger partial charge in [0.15, 0.2) is 0 Å². The van der Waals surface area contributed by atoms with E-state index in [4.69, 9.17) is 16.7 Å². The summed E-state index contributed by atoms with van der Waals surface area (Å²) in [4.78, 5) is 11.0. The molecule has 0 aliphatic heterocycles. The van der Waals surface area contributed by atoms with Gasteiger partial charge in [0, 0.05) is 5.02 Å². The average molecular weight is 306 g/mol. The van der Waals surface area contributed by atoms with Gasteiger partial charge in [-0.15, -0.1) is 0 Å². The molecule has 1 rings (SSSR count). The van der Waals surface area contributed by atoms with Crippen molar-refractivity contribution in [3.8, 4) is 0 Å². The predicted molar refractivity (Wildman–Crippen MR) is 72.8 cm³/mol. The van der Waals surface area contributed by atoms with Crippen LogP contribution in [0.5, 0.6) is 0 Å². The Balaban J connectivity index is 3.10. The van der Waals surface area contributed by atoms with Crippen LogP contribution in [-0.4, -0.2) is 25.5 Å². The first kappa shape index (κ1) is 15.9. The van der Waals surface area contributed by atoms with Crippen LogP contribution in [0.3, 0.4) is 0 Å². The van der Waals surface area contributed by atoms with Crippen LogP contribution in [0, 0.1) is 12.8 Å². The number of benzene rings is 1. The minimum Gasteiger partial charge on any atom is -0.480 e. The van der Waals surface area contributed by atoms with Crippen molar-refractivity contribution in [1.82, 2.24) is 4.72 Å². The fourth-order valence-corrected chi connectivity index (χ4v) is 3.06. The molecule has 7 heteroatoms. The lowest BCUT2D eigenvalue weighted by molar-refractivity contribution is -0.140. The van der Waals surface area contributed by atoms with Crippen molar-refractivity contribution in [2.75, 3.05) is 0 Å². The SMILES string of the molecule is Cc1ccc(S(=O)(=O)NC(C(=O)O)C(C)C)cc1Cl. The summed E-state index contributed by atoms with van der Waals surface area (Å²) in [6.45, 7) is 5.01. The number of nitrogens with one attached hydrogen (secondary N) is 1. The van der Waals surface area contributed by atoms with Crippen molar-refractivity contribution < 1.29 is 18.3 Å². The third-order valence-corrected chi connectivity index (χ3v) is 4.51. The molecule has 0 aliphatic carbocycles. The normalized spacial score (nSPS) is 13.5. The second kappa shape index (κ2) is 5.90. The zero-order chi connectivity index (χ0) is 14.8. The molecule has 2 N–H and O–H groups in total. The zero-order valence-electron chi connectivity index (χ0n) is 10.8. The fourth-order valence-electron chi connectivity index (χ4n) is 1.45. The van der Waals surface area contributed by atoms with Crippen LogP contribution in [0.25, 0.3) is 0 Å². The van der Waals surface area contributed by atoms with Crippen LogP contribution in [0.1, 0.15) is 19.4 Å². The first-order valence-corrected chi connectivity index (χ1v) is 7.52. The lowest BCUT2D eigenvalue weighted by Crippen LogP contribution is -2.44. The van der Waals surface area contributed by atoms with Crippen molar-refractivity contribution in [3.63, 3.8) is 0 Å². The molecule has 0 amide bonds. The molecule has 1 unspecified atom stereocenters. The Hall–Kier alpha value is -1.11. The van der Waals surface area contributed by atoms with Gasteiger partial charge >= 0.3 is 5.97 Å². The molecule has 0 bridgehead atoms. The number of carboxylic acid groups (broad SMARTS) is 1. The summed E-state index contributed by atoms with van der Waals surface area (Å²) < 4.78 is 26.3. The topological polar surface area (TPSA) is 83.5 Å². The molecule has 106 valence electrons. The summed E-state index contributed by atoms with van der Waals surface area (Å²) in [5, 5.41) is 9.32. The molecule has 0 fully saturated rings. The highest BCUT2D eigenvalue weighted by Crippen LogP contribution is 2.20. The number of carboxylic acids is 1. The highest BCUT2D eigenvalue weighted by Gasteiger charge is 2.28. The lowest BCUT2D eigenvalue weighted by Gasteiger charge is -2.18. The summed E-state index contributed by atoms with van der Waals surface area (Å²) in [5.41, 5.74) is 0.749. The monoisotopic (exact) mass is 305 g/mol. The summed E-state index contributed by atoms with van der Waals surface area (Å²) in [6, 6.07) is 3.09. The van der Waals surface area contributed by atoms with Gasteiger partial charge in [-0.1, -0.05) is 31.5 Å². The number of aliphatic carboxylic acids is 1. The minimum atomic E-state index is -3.90. The Bertz CT molecular complexity index is 583. The van der Waals surface area contributed by atoms with E-state index in [2.05, 4.69) is 4.72 Å². The molecule has 1 aromatic rings. The molecule has 0 aromatic heterocycles. The molecule has 0 heterocycles. The van der Waals surface area contributed by atoms with Crippen LogP contribution in [0.4, 0.5) is 0 Å². The molecule has 1 atom stereocenters. The third kappa shape index (κ3) is 3.92. The Morgan fingerprint density at radius 1 is 1.37 bits per heavy atom. The van der Waals surface area contributed by atoms with Crippen molar-refractivity contribution in [2.24, 2.45) is 5.92 Å². The molecule has 0 saturated heterocycles. The van der Waals surface area contributed by atoms with E-state index in [1.165, 1.54) is 12.1 Å². The highest BCUT2D eigenvalue weighted by molar-refractivity contribution is 7.89. The Morgan fingerprint density at radius 2 is 1.95 bits per heavy atom. The van der Waals surface area contributed by atoms with Gasteiger partial charge in [-0.2, -0.15) is 4.72 Å². The third-order valence-electron chi connectivity index (χ3n) is 2.67. The quantitative estimate of drug-likeness (QED) is 0.872. The van der Waals surface area contributed by atoms with Gasteiger partial charge in [0.1, 0.15) is 6.04 Å². The summed E-state index contributed by atoms with van der Waals surface area (Å²) >= 11 is 5.87. The second-order valence-corrected chi connectivity index (χ2v) is 6.71. The van der Waals surface area contributed by atoms with E-state index >= 15 is 0 Å². The number of hydrogen-bond acceptors (Lipinski definition) is 3. The van der Waals surface area contributed by atoms with E-state index in [1.807, 2.05) is 0 Å². The number of aryl methyl sites for hydroxylation is 1. The van der Waals surface area contributed by atoms with Gasteiger partial charge in [0.25, 0.3) is 0 Å². The molecule has 0 radical (unpaired) electrons. The molecule has 1 aromatic carbocycles. The smallest absolute Gasteiger partial charge is 0.322 e. The van der Waals surface area contributed by atoms with Crippen LogP contribution in [0.15, 0.2) is 23.1 Å². The highest BCUT2D eigenvalue weighted by atomic mass is 35.5. The van der Waals surface area contributed by atoms with Gasteiger partial charge in [-0.25, -0.2) is 8.42 Å². The van der Waals surface area contributed by atoms with E-state index in [1.54, 1.807) is 26.8 Å². The van der Waals surface area contributed by atoms with Crippen LogP contribution in [0.2, 0.25) is 5.02 Å². The maximum atomic E-state index is 12.1. The first-order valence-electron chi connectivity index (χ1n) is 5.66. The Labute approximate surface area is 117 Å². The van der Waals surface area contributed by atoms with E-state index in [9.17, 15) is 13.2 Å². The number of sulfonamides is 1. The van der Waals surface area contributed by atoms with Gasteiger partial charge in [0.2, 0.25) is 10.0 Å². The number of hydrogen-bond donors (Lipinski definition) is 2. The molecule has 5 nitrogen and oxygen atoms in total. The second-order valence-electron chi connectivity index (χ2n) is 4.59. The van der Waals surface area contributed by atoms with Crippen LogP contribution < -0.4 is 4.72 Å². The van der Waals surface area contributed by atoms with Crippen molar-refractivity contribution in [1.29, 1.82) is 0 Å². The van der Waals surface area contributed by atoms with Crippen LogP contribution >= 0.6 is 11.6 Å². The average Bonchev–Trinajstić information content (AvgIpc) is 2.28. The molecule has 0 saturated carbocycles. The number of rotatable bonds is 5. The summed E-state index contributed by atoms with van der Waals surface area (Å²) in [7, 11) is -3.90. The van der Waals surface area contributed by atoms with Crippen molar-refractivity contribution >= 4 is 27.6 Å². The number of carbonyl (C=O) groups is 1. The zero-order valence-corrected chi connectivity index (χ0v) is 12.4. The van der Waals surface area contributed by atoms with Crippen molar-refractivity contribution in [2.45, 2.75) is 31.7 Å². The van der Waals surface area contributed by atoms with E-state index in [-0.39, 0.29) is 10.8 Å².